The lowest BCUT2D eigenvalue weighted by Gasteiger charge is -2.09. The molecule has 0 saturated heterocycles. The molecule has 0 atom stereocenters. The number of rotatable bonds is 8. The van der Waals surface area contributed by atoms with E-state index in [1.54, 1.807) is 56.3 Å². The fourth-order valence-corrected chi connectivity index (χ4v) is 3.26. The minimum atomic E-state index is -2.53. The normalized spacial score (nSPS) is 11.2. The summed E-state index contributed by atoms with van der Waals surface area (Å²) in [6, 6.07) is 11.7. The quantitative estimate of drug-likeness (QED) is 0.387. The molecule has 0 saturated carbocycles. The Bertz CT molecular complexity index is 1030. The third-order valence-electron chi connectivity index (χ3n) is 3.92. The van der Waals surface area contributed by atoms with Crippen molar-refractivity contribution in [3.8, 4) is 17.1 Å². The van der Waals surface area contributed by atoms with Crippen LogP contribution in [0.2, 0.25) is 0 Å². The number of benzene rings is 2. The van der Waals surface area contributed by atoms with E-state index in [4.69, 9.17) is 9.47 Å². The number of alkyl halides is 2. The Morgan fingerprint density at radius 2 is 2.00 bits per heavy atom. The summed E-state index contributed by atoms with van der Waals surface area (Å²) in [6.07, 6.45) is -0.220. The van der Waals surface area contributed by atoms with Gasteiger partial charge in [-0.25, -0.2) is 4.79 Å². The summed E-state index contributed by atoms with van der Waals surface area (Å²) in [5.41, 5.74) is 1.79. The first kappa shape index (κ1) is 21.7. The van der Waals surface area contributed by atoms with Gasteiger partial charge in [-0.05, 0) is 48.9 Å². The van der Waals surface area contributed by atoms with E-state index in [-0.39, 0.29) is 12.6 Å². The van der Waals surface area contributed by atoms with E-state index in [0.717, 1.165) is 5.56 Å². The Balaban J connectivity index is 1.76. The van der Waals surface area contributed by atoms with E-state index >= 15 is 0 Å². The van der Waals surface area contributed by atoms with Crippen LogP contribution in [0.15, 0.2) is 47.4 Å². The number of hydrogen-bond donors (Lipinski definition) is 0. The van der Waals surface area contributed by atoms with Crippen LogP contribution in [0.3, 0.4) is 0 Å². The standard InChI is InChI=1S/C20H20F2N4O3S/c1-12(2)29-19(27)15-6-4-5-14(10-15)18-23-25-26(24-18)11-13-7-8-17(30-20(21)22)16(9-13)28-3/h4-10,12,20H,11H2,1-3H3. The summed E-state index contributed by atoms with van der Waals surface area (Å²) in [7, 11) is 1.43. The van der Waals surface area contributed by atoms with Crippen LogP contribution in [-0.2, 0) is 11.3 Å². The van der Waals surface area contributed by atoms with Crippen molar-refractivity contribution in [2.45, 2.75) is 37.1 Å². The van der Waals surface area contributed by atoms with Crippen molar-refractivity contribution in [1.82, 2.24) is 20.2 Å². The molecule has 0 aliphatic carbocycles. The van der Waals surface area contributed by atoms with Crippen LogP contribution >= 0.6 is 11.8 Å². The number of tetrazole rings is 1. The zero-order valence-electron chi connectivity index (χ0n) is 16.6. The van der Waals surface area contributed by atoms with E-state index in [1.165, 1.54) is 11.9 Å². The molecule has 3 rings (SSSR count). The van der Waals surface area contributed by atoms with Gasteiger partial charge in [-0.1, -0.05) is 30.0 Å². The molecule has 0 N–H and O–H groups in total. The number of methoxy groups -OCH3 is 1. The number of hydrogen-bond acceptors (Lipinski definition) is 7. The lowest BCUT2D eigenvalue weighted by Crippen LogP contribution is -2.11. The Morgan fingerprint density at radius 3 is 2.70 bits per heavy atom. The minimum Gasteiger partial charge on any atom is -0.496 e. The van der Waals surface area contributed by atoms with Crippen LogP contribution in [0.1, 0.15) is 29.8 Å². The lowest BCUT2D eigenvalue weighted by atomic mass is 10.1. The molecule has 0 radical (unpaired) electrons. The minimum absolute atomic E-state index is 0.220. The highest BCUT2D eigenvalue weighted by Gasteiger charge is 2.14. The molecule has 7 nitrogen and oxygen atoms in total. The first-order valence-electron chi connectivity index (χ1n) is 9.06. The van der Waals surface area contributed by atoms with Crippen molar-refractivity contribution in [1.29, 1.82) is 0 Å². The molecule has 1 heterocycles. The number of ether oxygens (including phenoxy) is 2. The molecule has 0 unspecified atom stereocenters. The molecule has 0 bridgehead atoms. The first-order valence-corrected chi connectivity index (χ1v) is 9.94. The molecule has 10 heteroatoms. The van der Waals surface area contributed by atoms with Crippen molar-refractivity contribution in [3.05, 3.63) is 53.6 Å². The van der Waals surface area contributed by atoms with E-state index in [0.29, 0.717) is 39.4 Å². The highest BCUT2D eigenvalue weighted by Crippen LogP contribution is 2.34. The van der Waals surface area contributed by atoms with Crippen molar-refractivity contribution in [2.24, 2.45) is 0 Å². The van der Waals surface area contributed by atoms with Gasteiger partial charge < -0.3 is 9.47 Å². The van der Waals surface area contributed by atoms with Gasteiger partial charge in [0.25, 0.3) is 5.76 Å². The van der Waals surface area contributed by atoms with E-state index < -0.39 is 11.7 Å². The molecular weight excluding hydrogens is 414 g/mol. The SMILES string of the molecule is COc1cc(Cn2nnc(-c3cccc(C(=O)OC(C)C)c3)n2)ccc1SC(F)F. The van der Waals surface area contributed by atoms with Crippen LogP contribution in [-0.4, -0.2) is 45.1 Å². The summed E-state index contributed by atoms with van der Waals surface area (Å²) in [6.45, 7) is 3.84. The number of thioether (sulfide) groups is 1. The average Bonchev–Trinajstić information content (AvgIpc) is 3.17. The number of carbonyl (C=O) groups is 1. The largest absolute Gasteiger partial charge is 0.496 e. The Hall–Kier alpha value is -3.01. The van der Waals surface area contributed by atoms with Gasteiger partial charge in [0.2, 0.25) is 5.82 Å². The van der Waals surface area contributed by atoms with Crippen LogP contribution in [0.25, 0.3) is 11.4 Å². The number of halogens is 2. The third kappa shape index (κ3) is 5.53. The fourth-order valence-electron chi connectivity index (χ4n) is 2.66. The lowest BCUT2D eigenvalue weighted by molar-refractivity contribution is 0.0378. The monoisotopic (exact) mass is 434 g/mol. The van der Waals surface area contributed by atoms with E-state index in [1.807, 2.05) is 0 Å². The number of esters is 1. The predicted molar refractivity (Wildman–Crippen MR) is 108 cm³/mol. The summed E-state index contributed by atoms with van der Waals surface area (Å²) in [4.78, 5) is 13.8. The maximum atomic E-state index is 12.6. The molecule has 2 aromatic carbocycles. The highest BCUT2D eigenvalue weighted by molar-refractivity contribution is 7.99. The van der Waals surface area contributed by atoms with E-state index in [2.05, 4.69) is 15.4 Å². The smallest absolute Gasteiger partial charge is 0.338 e. The zero-order chi connectivity index (χ0) is 21.7. The van der Waals surface area contributed by atoms with Crippen molar-refractivity contribution >= 4 is 17.7 Å². The molecule has 0 spiro atoms. The summed E-state index contributed by atoms with van der Waals surface area (Å²) < 4.78 is 35.7. The molecule has 0 aliphatic rings. The van der Waals surface area contributed by atoms with Crippen molar-refractivity contribution in [2.75, 3.05) is 7.11 Å². The Morgan fingerprint density at radius 1 is 1.20 bits per heavy atom. The van der Waals surface area contributed by atoms with Crippen LogP contribution in [0, 0.1) is 0 Å². The van der Waals surface area contributed by atoms with Gasteiger partial charge in [-0.15, -0.1) is 10.2 Å². The van der Waals surface area contributed by atoms with Crippen LogP contribution in [0.5, 0.6) is 5.75 Å². The second kappa shape index (κ2) is 9.66. The Kier molecular flexibility index (Phi) is 6.99. The van der Waals surface area contributed by atoms with Crippen LogP contribution in [0.4, 0.5) is 8.78 Å². The van der Waals surface area contributed by atoms with Gasteiger partial charge >= 0.3 is 5.97 Å². The summed E-state index contributed by atoms with van der Waals surface area (Å²) in [5, 5.41) is 12.4. The van der Waals surface area contributed by atoms with Gasteiger partial charge in [0, 0.05) is 5.56 Å². The molecule has 0 amide bonds. The maximum absolute atomic E-state index is 12.6. The maximum Gasteiger partial charge on any atom is 0.338 e. The second-order valence-electron chi connectivity index (χ2n) is 6.54. The molecule has 30 heavy (non-hydrogen) atoms. The number of carbonyl (C=O) groups excluding carboxylic acids is 1. The third-order valence-corrected chi connectivity index (χ3v) is 4.69. The number of aromatic nitrogens is 4. The molecule has 3 aromatic rings. The van der Waals surface area contributed by atoms with Gasteiger partial charge in [-0.2, -0.15) is 13.6 Å². The van der Waals surface area contributed by atoms with Crippen LogP contribution < -0.4 is 4.74 Å². The first-order chi connectivity index (χ1) is 14.4. The highest BCUT2D eigenvalue weighted by atomic mass is 32.2. The zero-order valence-corrected chi connectivity index (χ0v) is 17.4. The molecular formula is C20H20F2N4O3S. The number of nitrogens with zero attached hydrogens (tertiary/aromatic N) is 4. The average molecular weight is 434 g/mol. The summed E-state index contributed by atoms with van der Waals surface area (Å²) >= 11 is 0.427. The van der Waals surface area contributed by atoms with Gasteiger partial charge in [0.15, 0.2) is 0 Å². The van der Waals surface area contributed by atoms with Gasteiger partial charge in [0.05, 0.1) is 30.2 Å². The molecule has 1 aromatic heterocycles. The molecule has 0 fully saturated rings. The topological polar surface area (TPSA) is 79.1 Å². The van der Waals surface area contributed by atoms with Gasteiger partial charge in [0.1, 0.15) is 5.75 Å². The van der Waals surface area contributed by atoms with Crippen molar-refractivity contribution in [3.63, 3.8) is 0 Å². The Labute approximate surface area is 176 Å². The molecule has 158 valence electrons. The van der Waals surface area contributed by atoms with Gasteiger partial charge in [-0.3, -0.25) is 0 Å². The second-order valence-corrected chi connectivity index (χ2v) is 7.57. The molecule has 0 aliphatic heterocycles. The van der Waals surface area contributed by atoms with E-state index in [9.17, 15) is 13.6 Å². The summed E-state index contributed by atoms with van der Waals surface area (Å²) in [5.74, 6) is -2.24. The fraction of sp³-hybridized carbons (Fsp3) is 0.300. The van der Waals surface area contributed by atoms with Crippen molar-refractivity contribution < 1.29 is 23.0 Å². The predicted octanol–water partition coefficient (Wildman–Crippen LogP) is 4.28.